The molecule has 0 aromatic carbocycles. The highest BCUT2D eigenvalue weighted by molar-refractivity contribution is 5.80. The quantitative estimate of drug-likeness (QED) is 0.577. The highest BCUT2D eigenvalue weighted by Crippen LogP contribution is 2.14. The first-order chi connectivity index (χ1) is 8.22. The van der Waals surface area contributed by atoms with Crippen LogP contribution in [0.5, 0.6) is 0 Å². The molecule has 0 fully saturated rings. The van der Waals surface area contributed by atoms with E-state index in [1.165, 1.54) is 12.7 Å². The average molecular weight is 239 g/mol. The first-order valence-corrected chi connectivity index (χ1v) is 5.04. The monoisotopic (exact) mass is 239 g/mol. The maximum Gasteiger partial charge on any atom is 0.167 e. The number of nitrogens with two attached hydrogens (primary N) is 1. The van der Waals surface area contributed by atoms with Crippen molar-refractivity contribution in [1.29, 1.82) is 0 Å². The Bertz CT molecular complexity index is 500. The predicted octanol–water partition coefficient (Wildman–Crippen LogP) is -0.917. The molecule has 0 amide bonds. The van der Waals surface area contributed by atoms with E-state index >= 15 is 0 Å². The van der Waals surface area contributed by atoms with Gasteiger partial charge in [0.05, 0.1) is 6.33 Å². The van der Waals surface area contributed by atoms with E-state index in [1.54, 1.807) is 4.57 Å². The van der Waals surface area contributed by atoms with Gasteiger partial charge < -0.3 is 20.7 Å². The van der Waals surface area contributed by atoms with Crippen molar-refractivity contribution in [2.45, 2.75) is 19.4 Å². The second kappa shape index (κ2) is 5.04. The first-order valence-electron chi connectivity index (χ1n) is 5.04. The molecule has 0 saturated carbocycles. The molecule has 92 valence electrons. The fourth-order valence-electron chi connectivity index (χ4n) is 1.35. The molecule has 0 bridgehead atoms. The number of imidazole rings is 1. The molecule has 2 aromatic rings. The molecule has 8 nitrogen and oxygen atoms in total. The standard InChI is InChI=1S/C9H13N5O3/c10-8-7-9(12-3-11-8)14(4-13-7)5-17-6(16)1-2-15/h3-4,6,15-16H,1-2,5H2,(H2,10,11,12). The van der Waals surface area contributed by atoms with Crippen molar-refractivity contribution in [2.75, 3.05) is 12.3 Å². The Labute approximate surface area is 96.7 Å². The molecule has 0 aliphatic carbocycles. The number of fused-ring (bicyclic) bond motifs is 1. The van der Waals surface area contributed by atoms with Gasteiger partial charge in [0.1, 0.15) is 18.6 Å². The molecule has 2 aromatic heterocycles. The number of anilines is 1. The van der Waals surface area contributed by atoms with Crippen LogP contribution in [0.25, 0.3) is 11.2 Å². The van der Waals surface area contributed by atoms with Gasteiger partial charge >= 0.3 is 0 Å². The van der Waals surface area contributed by atoms with E-state index in [4.69, 9.17) is 15.6 Å². The molecular weight excluding hydrogens is 226 g/mol. The van der Waals surface area contributed by atoms with Crippen molar-refractivity contribution >= 4 is 17.0 Å². The maximum absolute atomic E-state index is 9.30. The van der Waals surface area contributed by atoms with E-state index in [-0.39, 0.29) is 19.8 Å². The summed E-state index contributed by atoms with van der Waals surface area (Å²) in [6, 6.07) is 0. The highest BCUT2D eigenvalue weighted by atomic mass is 16.6. The molecule has 17 heavy (non-hydrogen) atoms. The third-order valence-corrected chi connectivity index (χ3v) is 2.21. The van der Waals surface area contributed by atoms with Crippen LogP contribution in [0.3, 0.4) is 0 Å². The lowest BCUT2D eigenvalue weighted by atomic mass is 10.4. The Balaban J connectivity index is 2.12. The summed E-state index contributed by atoms with van der Waals surface area (Å²) in [4.78, 5) is 11.9. The van der Waals surface area contributed by atoms with Gasteiger partial charge in [0, 0.05) is 13.0 Å². The molecule has 0 radical (unpaired) electrons. The molecule has 0 spiro atoms. The lowest BCUT2D eigenvalue weighted by molar-refractivity contribution is -0.132. The fourth-order valence-corrected chi connectivity index (χ4v) is 1.35. The second-order valence-corrected chi connectivity index (χ2v) is 3.41. The number of aliphatic hydroxyl groups is 2. The normalized spacial score (nSPS) is 13.1. The summed E-state index contributed by atoms with van der Waals surface area (Å²) in [5, 5.41) is 17.9. The van der Waals surface area contributed by atoms with Gasteiger partial charge in [0.15, 0.2) is 17.8 Å². The summed E-state index contributed by atoms with van der Waals surface area (Å²) in [6.07, 6.45) is 1.97. The van der Waals surface area contributed by atoms with Crippen LogP contribution in [0.1, 0.15) is 6.42 Å². The van der Waals surface area contributed by atoms with Crippen molar-refractivity contribution in [3.8, 4) is 0 Å². The molecule has 0 aliphatic heterocycles. The Morgan fingerprint density at radius 2 is 2.24 bits per heavy atom. The van der Waals surface area contributed by atoms with Gasteiger partial charge in [-0.1, -0.05) is 0 Å². The van der Waals surface area contributed by atoms with Gasteiger partial charge in [-0.05, 0) is 0 Å². The third kappa shape index (κ3) is 2.49. The van der Waals surface area contributed by atoms with Gasteiger partial charge in [-0.3, -0.25) is 4.57 Å². The van der Waals surface area contributed by atoms with Gasteiger partial charge in [0.2, 0.25) is 0 Å². The smallest absolute Gasteiger partial charge is 0.167 e. The molecule has 8 heteroatoms. The van der Waals surface area contributed by atoms with Gasteiger partial charge in [-0.2, -0.15) is 0 Å². The Kier molecular flexibility index (Phi) is 3.47. The Hall–Kier alpha value is -1.77. The summed E-state index contributed by atoms with van der Waals surface area (Å²) < 4.78 is 6.68. The lowest BCUT2D eigenvalue weighted by Crippen LogP contribution is -2.16. The molecule has 2 heterocycles. The van der Waals surface area contributed by atoms with Crippen LogP contribution in [0.15, 0.2) is 12.7 Å². The molecule has 0 aliphatic rings. The largest absolute Gasteiger partial charge is 0.396 e. The van der Waals surface area contributed by atoms with Crippen molar-refractivity contribution in [2.24, 2.45) is 0 Å². The summed E-state index contributed by atoms with van der Waals surface area (Å²) in [6.45, 7) is -0.0604. The van der Waals surface area contributed by atoms with E-state index < -0.39 is 6.29 Å². The minimum Gasteiger partial charge on any atom is -0.396 e. The van der Waals surface area contributed by atoms with Gasteiger partial charge in [-0.15, -0.1) is 0 Å². The Morgan fingerprint density at radius 3 is 3.00 bits per heavy atom. The van der Waals surface area contributed by atoms with Gasteiger partial charge in [-0.25, -0.2) is 15.0 Å². The number of nitrogen functional groups attached to an aromatic ring is 1. The molecular formula is C9H13N5O3. The zero-order chi connectivity index (χ0) is 12.3. The number of ether oxygens (including phenoxy) is 1. The van der Waals surface area contributed by atoms with Crippen LogP contribution in [-0.2, 0) is 11.5 Å². The molecule has 4 N–H and O–H groups in total. The molecule has 2 rings (SSSR count). The van der Waals surface area contributed by atoms with Crippen LogP contribution in [-0.4, -0.2) is 42.6 Å². The van der Waals surface area contributed by atoms with E-state index in [0.29, 0.717) is 17.0 Å². The fraction of sp³-hybridized carbons (Fsp3) is 0.444. The lowest BCUT2D eigenvalue weighted by Gasteiger charge is -2.10. The number of hydrogen-bond acceptors (Lipinski definition) is 7. The van der Waals surface area contributed by atoms with Crippen molar-refractivity contribution in [1.82, 2.24) is 19.5 Å². The molecule has 1 unspecified atom stereocenters. The summed E-state index contributed by atoms with van der Waals surface area (Å²) in [5.41, 5.74) is 6.65. The van der Waals surface area contributed by atoms with Crippen molar-refractivity contribution in [3.63, 3.8) is 0 Å². The topological polar surface area (TPSA) is 119 Å². The van der Waals surface area contributed by atoms with Gasteiger partial charge in [0.25, 0.3) is 0 Å². The number of aliphatic hydroxyl groups excluding tert-OH is 2. The number of nitrogens with zero attached hydrogens (tertiary/aromatic N) is 4. The number of aromatic nitrogens is 4. The first kappa shape index (κ1) is 11.7. The van der Waals surface area contributed by atoms with Crippen LogP contribution in [0.2, 0.25) is 0 Å². The van der Waals surface area contributed by atoms with Crippen LogP contribution in [0.4, 0.5) is 5.82 Å². The summed E-state index contributed by atoms with van der Waals surface area (Å²) >= 11 is 0. The van der Waals surface area contributed by atoms with Crippen LogP contribution in [0, 0.1) is 0 Å². The van der Waals surface area contributed by atoms with E-state index in [0.717, 1.165) is 0 Å². The van der Waals surface area contributed by atoms with E-state index in [1.807, 2.05) is 0 Å². The minimum absolute atomic E-state index is 0.0775. The number of hydrogen-bond donors (Lipinski definition) is 3. The van der Waals surface area contributed by atoms with Crippen molar-refractivity contribution < 1.29 is 14.9 Å². The predicted molar refractivity (Wildman–Crippen MR) is 58.5 cm³/mol. The van der Waals surface area contributed by atoms with Crippen molar-refractivity contribution in [3.05, 3.63) is 12.7 Å². The summed E-state index contributed by atoms with van der Waals surface area (Å²) in [7, 11) is 0. The molecule has 1 atom stereocenters. The third-order valence-electron chi connectivity index (χ3n) is 2.21. The van der Waals surface area contributed by atoms with E-state index in [9.17, 15) is 5.11 Å². The van der Waals surface area contributed by atoms with Crippen LogP contribution < -0.4 is 5.73 Å². The van der Waals surface area contributed by atoms with E-state index in [2.05, 4.69) is 15.0 Å². The zero-order valence-electron chi connectivity index (χ0n) is 9.02. The SMILES string of the molecule is Nc1ncnc2c1ncn2COC(O)CCO. The highest BCUT2D eigenvalue weighted by Gasteiger charge is 2.09. The summed E-state index contributed by atoms with van der Waals surface area (Å²) in [5.74, 6) is 0.296. The minimum atomic E-state index is -1.02. The zero-order valence-corrected chi connectivity index (χ0v) is 9.02. The number of rotatable bonds is 5. The maximum atomic E-state index is 9.30. The molecule has 0 saturated heterocycles. The average Bonchev–Trinajstić information content (AvgIpc) is 2.72. The second-order valence-electron chi connectivity index (χ2n) is 3.41. The Morgan fingerprint density at radius 1 is 1.41 bits per heavy atom. The van der Waals surface area contributed by atoms with Crippen LogP contribution >= 0.6 is 0 Å².